The predicted octanol–water partition coefficient (Wildman–Crippen LogP) is 3.84. The number of hydrazone groups is 1. The van der Waals surface area contributed by atoms with E-state index in [-0.39, 0.29) is 30.1 Å². The molecule has 4 rings (SSSR count). The lowest BCUT2D eigenvalue weighted by Crippen LogP contribution is -2.36. The molecule has 0 atom stereocenters. The highest BCUT2D eigenvalue weighted by Gasteiger charge is 2.26. The lowest BCUT2D eigenvalue weighted by molar-refractivity contribution is -0.384. The number of nitrogens with one attached hydrogen (secondary N) is 1. The molecule has 2 heterocycles. The summed E-state index contributed by atoms with van der Waals surface area (Å²) in [5, 5.41) is 21.1. The smallest absolute Gasteiger partial charge is 0.273 e. The van der Waals surface area contributed by atoms with Crippen LogP contribution >= 0.6 is 11.3 Å². The van der Waals surface area contributed by atoms with Crippen LogP contribution in [-0.2, 0) is 9.59 Å². The Kier molecular flexibility index (Phi) is 5.31. The Hall–Kier alpha value is -3.92. The molecule has 150 valence electrons. The fourth-order valence-electron chi connectivity index (χ4n) is 2.90. The molecule has 10 heteroatoms. The van der Waals surface area contributed by atoms with Crippen molar-refractivity contribution in [3.63, 3.8) is 0 Å². The number of carbonyl (C=O) groups is 2. The van der Waals surface area contributed by atoms with E-state index < -0.39 is 10.8 Å². The van der Waals surface area contributed by atoms with Gasteiger partial charge in [-0.25, -0.2) is 9.99 Å². The number of amides is 2. The summed E-state index contributed by atoms with van der Waals surface area (Å²) >= 11 is 1.20. The molecular weight excluding hydrogens is 406 g/mol. The van der Waals surface area contributed by atoms with Gasteiger partial charge in [0.1, 0.15) is 5.71 Å². The molecule has 1 aromatic heterocycles. The molecule has 0 spiro atoms. The van der Waals surface area contributed by atoms with E-state index in [9.17, 15) is 19.7 Å². The third-order valence-electron chi connectivity index (χ3n) is 4.37. The second-order valence-corrected chi connectivity index (χ2v) is 7.25. The number of nitro benzene ring substituents is 1. The van der Waals surface area contributed by atoms with Crippen molar-refractivity contribution in [1.29, 1.82) is 0 Å². The summed E-state index contributed by atoms with van der Waals surface area (Å²) in [5.41, 5.74) is 1.89. The molecule has 0 radical (unpaired) electrons. The van der Waals surface area contributed by atoms with Crippen LogP contribution < -0.4 is 10.3 Å². The normalized spacial score (nSPS) is 13.7. The van der Waals surface area contributed by atoms with Crippen LogP contribution in [0.3, 0.4) is 0 Å². The van der Waals surface area contributed by atoms with E-state index in [1.165, 1.54) is 28.5 Å². The molecule has 9 nitrogen and oxygen atoms in total. The highest BCUT2D eigenvalue weighted by Crippen LogP contribution is 2.28. The molecule has 2 amide bonds. The van der Waals surface area contributed by atoms with Gasteiger partial charge in [-0.1, -0.05) is 30.3 Å². The highest BCUT2D eigenvalue weighted by atomic mass is 32.1. The molecule has 1 aliphatic rings. The van der Waals surface area contributed by atoms with Gasteiger partial charge < -0.3 is 0 Å². The van der Waals surface area contributed by atoms with Crippen molar-refractivity contribution in [2.24, 2.45) is 5.10 Å². The van der Waals surface area contributed by atoms with Crippen LogP contribution in [0.25, 0.3) is 11.3 Å². The van der Waals surface area contributed by atoms with Gasteiger partial charge in [0.25, 0.3) is 11.6 Å². The van der Waals surface area contributed by atoms with Gasteiger partial charge >= 0.3 is 0 Å². The fraction of sp³-hybridized carbons (Fsp3) is 0.100. The summed E-state index contributed by atoms with van der Waals surface area (Å²) in [6.07, 6.45) is 0.412. The number of non-ortho nitro benzene ring substituents is 1. The molecule has 0 bridgehead atoms. The minimum atomic E-state index is -0.473. The molecule has 0 fully saturated rings. The van der Waals surface area contributed by atoms with Crippen molar-refractivity contribution < 1.29 is 14.5 Å². The SMILES string of the molecule is O=C(Nc1nc(-c2cccc([N+](=O)[O-])c2)cs1)C1=NN(c2ccccc2)C(=O)CC1. The summed E-state index contributed by atoms with van der Waals surface area (Å²) in [5.74, 6) is -0.622. The van der Waals surface area contributed by atoms with Gasteiger partial charge in [0.05, 0.1) is 16.3 Å². The third-order valence-corrected chi connectivity index (χ3v) is 5.13. The number of anilines is 2. The quantitative estimate of drug-likeness (QED) is 0.496. The van der Waals surface area contributed by atoms with Gasteiger partial charge in [-0.15, -0.1) is 11.3 Å². The molecule has 0 unspecified atom stereocenters. The van der Waals surface area contributed by atoms with Gasteiger partial charge in [-0.05, 0) is 12.1 Å². The topological polar surface area (TPSA) is 118 Å². The van der Waals surface area contributed by atoms with E-state index in [1.807, 2.05) is 6.07 Å². The first kappa shape index (κ1) is 19.4. The molecular formula is C20H15N5O4S. The Morgan fingerprint density at radius 3 is 2.70 bits per heavy atom. The summed E-state index contributed by atoms with van der Waals surface area (Å²) in [6.45, 7) is 0. The zero-order valence-corrected chi connectivity index (χ0v) is 16.3. The molecule has 0 saturated heterocycles. The summed E-state index contributed by atoms with van der Waals surface area (Å²) in [7, 11) is 0. The number of hydrogen-bond donors (Lipinski definition) is 1. The lowest BCUT2D eigenvalue weighted by atomic mass is 10.1. The van der Waals surface area contributed by atoms with E-state index >= 15 is 0 Å². The van der Waals surface area contributed by atoms with Crippen LogP contribution in [0.15, 0.2) is 65.1 Å². The third kappa shape index (κ3) is 4.08. The molecule has 1 N–H and O–H groups in total. The number of hydrogen-bond acceptors (Lipinski definition) is 7. The lowest BCUT2D eigenvalue weighted by Gasteiger charge is -2.22. The zero-order valence-electron chi connectivity index (χ0n) is 15.5. The zero-order chi connectivity index (χ0) is 21.1. The average Bonchev–Trinajstić information content (AvgIpc) is 3.23. The number of thiazole rings is 1. The Bertz CT molecular complexity index is 1160. The molecule has 0 aliphatic carbocycles. The van der Waals surface area contributed by atoms with E-state index in [0.717, 1.165) is 0 Å². The molecule has 3 aromatic rings. The average molecular weight is 421 g/mol. The minimum absolute atomic E-state index is 0.0340. The monoisotopic (exact) mass is 421 g/mol. The predicted molar refractivity (Wildman–Crippen MR) is 113 cm³/mol. The van der Waals surface area contributed by atoms with Crippen LogP contribution in [0.2, 0.25) is 0 Å². The molecule has 0 saturated carbocycles. The molecule has 30 heavy (non-hydrogen) atoms. The second kappa shape index (κ2) is 8.21. The second-order valence-electron chi connectivity index (χ2n) is 6.39. The number of rotatable bonds is 5. The van der Waals surface area contributed by atoms with Crippen LogP contribution in [0.1, 0.15) is 12.8 Å². The Balaban J connectivity index is 1.51. The molecule has 2 aromatic carbocycles. The van der Waals surface area contributed by atoms with Gasteiger partial charge in [-0.3, -0.25) is 25.0 Å². The first-order valence-electron chi connectivity index (χ1n) is 8.98. The van der Waals surface area contributed by atoms with Crippen molar-refractivity contribution in [3.05, 3.63) is 70.1 Å². The van der Waals surface area contributed by atoms with E-state index in [4.69, 9.17) is 0 Å². The van der Waals surface area contributed by atoms with Gasteiger partial charge in [-0.2, -0.15) is 5.10 Å². The van der Waals surface area contributed by atoms with Crippen molar-refractivity contribution >= 4 is 45.4 Å². The van der Waals surface area contributed by atoms with E-state index in [0.29, 0.717) is 22.1 Å². The number of nitrogens with zero attached hydrogens (tertiary/aromatic N) is 4. The van der Waals surface area contributed by atoms with E-state index in [2.05, 4.69) is 15.4 Å². The summed E-state index contributed by atoms with van der Waals surface area (Å²) < 4.78 is 0. The maximum Gasteiger partial charge on any atom is 0.273 e. The summed E-state index contributed by atoms with van der Waals surface area (Å²) in [6, 6.07) is 15.0. The van der Waals surface area contributed by atoms with Crippen molar-refractivity contribution in [2.45, 2.75) is 12.8 Å². The Morgan fingerprint density at radius 1 is 1.13 bits per heavy atom. The number of aromatic nitrogens is 1. The van der Waals surface area contributed by atoms with Crippen LogP contribution in [-0.4, -0.2) is 27.4 Å². The van der Waals surface area contributed by atoms with Crippen LogP contribution in [0.5, 0.6) is 0 Å². The Labute approximate surface area is 174 Å². The maximum atomic E-state index is 12.6. The van der Waals surface area contributed by atoms with Crippen LogP contribution in [0, 0.1) is 10.1 Å². The largest absolute Gasteiger partial charge is 0.297 e. The maximum absolute atomic E-state index is 12.6. The first-order chi connectivity index (χ1) is 14.5. The fourth-order valence-corrected chi connectivity index (χ4v) is 3.61. The van der Waals surface area contributed by atoms with Gasteiger partial charge in [0.15, 0.2) is 5.13 Å². The minimum Gasteiger partial charge on any atom is -0.297 e. The van der Waals surface area contributed by atoms with E-state index in [1.54, 1.807) is 41.8 Å². The van der Waals surface area contributed by atoms with Crippen molar-refractivity contribution in [1.82, 2.24) is 4.98 Å². The molecule has 1 aliphatic heterocycles. The van der Waals surface area contributed by atoms with Crippen molar-refractivity contribution in [2.75, 3.05) is 10.3 Å². The van der Waals surface area contributed by atoms with Crippen LogP contribution in [0.4, 0.5) is 16.5 Å². The van der Waals surface area contributed by atoms with Crippen molar-refractivity contribution in [3.8, 4) is 11.3 Å². The standard InChI is InChI=1S/C20H15N5O4S/c26-18-10-9-16(23-24(18)14-6-2-1-3-7-14)19(27)22-20-21-17(12-30-20)13-5-4-8-15(11-13)25(28)29/h1-8,11-12H,9-10H2,(H,21,22,27). The van der Waals surface area contributed by atoms with Gasteiger partial charge in [0, 0.05) is 35.9 Å². The Morgan fingerprint density at radius 2 is 1.93 bits per heavy atom. The number of para-hydroxylation sites is 1. The highest BCUT2D eigenvalue weighted by molar-refractivity contribution is 7.14. The number of benzene rings is 2. The number of carbonyl (C=O) groups excluding carboxylic acids is 2. The summed E-state index contributed by atoms with van der Waals surface area (Å²) in [4.78, 5) is 39.6. The van der Waals surface area contributed by atoms with Gasteiger partial charge in [0.2, 0.25) is 5.91 Å². The first-order valence-corrected chi connectivity index (χ1v) is 9.86. The number of nitro groups is 1.